The minimum Gasteiger partial charge on any atom is -0.493 e. The van der Waals surface area contributed by atoms with E-state index in [2.05, 4.69) is 6.58 Å². The molecular weight excluding hydrogens is 353 g/mol. The average Bonchev–Trinajstić information content (AvgIpc) is 3.07. The van der Waals surface area contributed by atoms with Gasteiger partial charge in [0.05, 0.1) is 14.2 Å². The summed E-state index contributed by atoms with van der Waals surface area (Å²) in [4.78, 5) is 0.389. The number of nitrogens with zero attached hydrogens (tertiary/aromatic N) is 1. The number of halogens is 1. The van der Waals surface area contributed by atoms with E-state index in [0.717, 1.165) is 21.3 Å². The van der Waals surface area contributed by atoms with Crippen molar-refractivity contribution in [3.63, 3.8) is 0 Å². The van der Waals surface area contributed by atoms with Crippen LogP contribution in [0.5, 0.6) is 11.5 Å². The van der Waals surface area contributed by atoms with E-state index in [-0.39, 0.29) is 24.6 Å². The Hall–Kier alpha value is -1.90. The Labute approximate surface area is 145 Å². The highest BCUT2D eigenvalue weighted by atomic mass is 32.2. The lowest BCUT2D eigenvalue weighted by atomic mass is 10.3. The Bertz CT molecular complexity index is 804. The summed E-state index contributed by atoms with van der Waals surface area (Å²) in [6.07, 6.45) is 1.46. The van der Waals surface area contributed by atoms with Gasteiger partial charge in [-0.25, -0.2) is 12.8 Å². The van der Waals surface area contributed by atoms with Crippen molar-refractivity contribution >= 4 is 21.4 Å². The Morgan fingerprint density at radius 1 is 1.29 bits per heavy atom. The van der Waals surface area contributed by atoms with E-state index in [0.29, 0.717) is 0 Å². The molecule has 0 aliphatic carbocycles. The fourth-order valence-electron chi connectivity index (χ4n) is 2.14. The first kappa shape index (κ1) is 18.4. The molecule has 24 heavy (non-hydrogen) atoms. The maximum atomic E-state index is 14.4. The Morgan fingerprint density at radius 3 is 2.50 bits per heavy atom. The minimum absolute atomic E-state index is 0.0635. The molecule has 0 saturated heterocycles. The molecule has 1 aromatic carbocycles. The molecule has 0 aliphatic rings. The first-order valence-corrected chi connectivity index (χ1v) is 9.31. The summed E-state index contributed by atoms with van der Waals surface area (Å²) in [6, 6.07) is 5.79. The van der Waals surface area contributed by atoms with Gasteiger partial charge in [-0.1, -0.05) is 12.1 Å². The van der Waals surface area contributed by atoms with Gasteiger partial charge in [0, 0.05) is 30.1 Å². The number of sulfonamides is 1. The molecule has 2 rings (SSSR count). The molecule has 0 atom stereocenters. The molecule has 1 heterocycles. The number of thiophene rings is 1. The summed E-state index contributed by atoms with van der Waals surface area (Å²) >= 11 is 1.43. The predicted octanol–water partition coefficient (Wildman–Crippen LogP) is 3.28. The van der Waals surface area contributed by atoms with E-state index >= 15 is 0 Å². The van der Waals surface area contributed by atoms with Crippen molar-refractivity contribution in [1.29, 1.82) is 0 Å². The number of hydrogen-bond acceptors (Lipinski definition) is 5. The van der Waals surface area contributed by atoms with Gasteiger partial charge in [0.25, 0.3) is 0 Å². The molecule has 0 bridgehead atoms. The summed E-state index contributed by atoms with van der Waals surface area (Å²) in [6.45, 7) is 3.78. The lowest BCUT2D eigenvalue weighted by molar-refractivity contribution is 0.349. The van der Waals surface area contributed by atoms with Gasteiger partial charge in [-0.3, -0.25) is 0 Å². The highest BCUT2D eigenvalue weighted by molar-refractivity contribution is 7.89. The van der Waals surface area contributed by atoms with Crippen LogP contribution in [0.2, 0.25) is 0 Å². The Kier molecular flexibility index (Phi) is 5.98. The Morgan fingerprint density at radius 2 is 1.96 bits per heavy atom. The number of methoxy groups -OCH3 is 2. The van der Waals surface area contributed by atoms with E-state index in [1.165, 1.54) is 31.6 Å². The van der Waals surface area contributed by atoms with Crippen molar-refractivity contribution in [1.82, 2.24) is 4.31 Å². The molecule has 5 nitrogen and oxygen atoms in total. The van der Waals surface area contributed by atoms with Gasteiger partial charge in [0.15, 0.2) is 11.5 Å². The standard InChI is InChI=1S/C16H18FNO4S2/c1-4-7-18(11-12-6-5-8-23-12)24(19,20)16-10-15(22-3)14(21-2)9-13(16)17/h4-6,8-10H,1,7,11H2,2-3H3. The quantitative estimate of drug-likeness (QED) is 0.668. The van der Waals surface area contributed by atoms with Crippen molar-refractivity contribution in [2.45, 2.75) is 11.4 Å². The molecule has 2 aromatic rings. The van der Waals surface area contributed by atoms with Gasteiger partial charge in [-0.05, 0) is 11.4 Å². The van der Waals surface area contributed by atoms with E-state index in [9.17, 15) is 12.8 Å². The van der Waals surface area contributed by atoms with E-state index in [1.54, 1.807) is 0 Å². The van der Waals surface area contributed by atoms with Crippen LogP contribution in [0.3, 0.4) is 0 Å². The van der Waals surface area contributed by atoms with Gasteiger partial charge in [-0.15, -0.1) is 17.9 Å². The number of benzene rings is 1. The van der Waals surface area contributed by atoms with Crippen LogP contribution in [0, 0.1) is 5.82 Å². The fraction of sp³-hybridized carbons (Fsp3) is 0.250. The fourth-order valence-corrected chi connectivity index (χ4v) is 4.39. The second-order valence-corrected chi connectivity index (χ2v) is 7.74. The monoisotopic (exact) mass is 371 g/mol. The molecule has 1 aromatic heterocycles. The molecule has 0 saturated carbocycles. The molecular formula is C16H18FNO4S2. The lowest BCUT2D eigenvalue weighted by Gasteiger charge is -2.21. The minimum atomic E-state index is -4.07. The first-order chi connectivity index (χ1) is 11.4. The van der Waals surface area contributed by atoms with E-state index < -0.39 is 20.7 Å². The summed E-state index contributed by atoms with van der Waals surface area (Å²) in [5.74, 6) is -0.623. The van der Waals surface area contributed by atoms with Crippen LogP contribution in [0.25, 0.3) is 0 Å². The molecule has 130 valence electrons. The lowest BCUT2D eigenvalue weighted by Crippen LogP contribution is -2.31. The molecule has 0 spiro atoms. The zero-order valence-electron chi connectivity index (χ0n) is 13.4. The number of ether oxygens (including phenoxy) is 2. The van der Waals surface area contributed by atoms with Gasteiger partial charge in [-0.2, -0.15) is 4.31 Å². The van der Waals surface area contributed by atoms with Crippen LogP contribution >= 0.6 is 11.3 Å². The summed E-state index contributed by atoms with van der Waals surface area (Å²) in [7, 11) is -1.36. The van der Waals surface area contributed by atoms with Crippen molar-refractivity contribution < 1.29 is 22.3 Å². The summed E-state index contributed by atoms with van der Waals surface area (Å²) < 4.78 is 51.4. The van der Waals surface area contributed by atoms with Crippen molar-refractivity contribution in [3.05, 3.63) is 53.0 Å². The molecule has 0 fully saturated rings. The zero-order valence-corrected chi connectivity index (χ0v) is 15.0. The summed E-state index contributed by atoms with van der Waals surface area (Å²) in [5.41, 5.74) is 0. The molecule has 0 unspecified atom stereocenters. The second kappa shape index (κ2) is 7.78. The molecule has 0 radical (unpaired) electrons. The van der Waals surface area contributed by atoms with E-state index in [4.69, 9.17) is 9.47 Å². The molecule has 8 heteroatoms. The SMILES string of the molecule is C=CCN(Cc1cccs1)S(=O)(=O)c1cc(OC)c(OC)cc1F. The van der Waals surface area contributed by atoms with Crippen LogP contribution in [-0.4, -0.2) is 33.5 Å². The molecule has 0 N–H and O–H groups in total. The molecule has 0 amide bonds. The zero-order chi connectivity index (χ0) is 17.7. The van der Waals surface area contributed by atoms with Crippen LogP contribution in [-0.2, 0) is 16.6 Å². The second-order valence-electron chi connectivity index (χ2n) is 4.80. The normalized spacial score (nSPS) is 11.5. The van der Waals surface area contributed by atoms with Crippen LogP contribution < -0.4 is 9.47 Å². The highest BCUT2D eigenvalue weighted by Crippen LogP contribution is 2.33. The van der Waals surface area contributed by atoms with Crippen LogP contribution in [0.15, 0.2) is 47.2 Å². The first-order valence-electron chi connectivity index (χ1n) is 6.99. The predicted molar refractivity (Wildman–Crippen MR) is 91.6 cm³/mol. The molecule has 0 aliphatic heterocycles. The third-order valence-corrected chi connectivity index (χ3v) is 5.99. The number of rotatable bonds is 8. The van der Waals surface area contributed by atoms with Gasteiger partial charge < -0.3 is 9.47 Å². The summed E-state index contributed by atoms with van der Waals surface area (Å²) in [5, 5.41) is 1.85. The maximum Gasteiger partial charge on any atom is 0.246 e. The van der Waals surface area contributed by atoms with Gasteiger partial charge in [0.1, 0.15) is 10.7 Å². The number of hydrogen-bond donors (Lipinski definition) is 0. The Balaban J connectivity index is 2.48. The van der Waals surface area contributed by atoms with Gasteiger partial charge >= 0.3 is 0 Å². The van der Waals surface area contributed by atoms with Gasteiger partial charge in [0.2, 0.25) is 10.0 Å². The van der Waals surface area contributed by atoms with Crippen LogP contribution in [0.1, 0.15) is 4.88 Å². The topological polar surface area (TPSA) is 55.8 Å². The van der Waals surface area contributed by atoms with Crippen molar-refractivity contribution in [2.75, 3.05) is 20.8 Å². The average molecular weight is 371 g/mol. The smallest absolute Gasteiger partial charge is 0.246 e. The van der Waals surface area contributed by atoms with Crippen molar-refractivity contribution in [3.8, 4) is 11.5 Å². The third-order valence-electron chi connectivity index (χ3n) is 3.30. The van der Waals surface area contributed by atoms with E-state index in [1.807, 2.05) is 17.5 Å². The maximum absolute atomic E-state index is 14.4. The van der Waals surface area contributed by atoms with Crippen LogP contribution in [0.4, 0.5) is 4.39 Å². The van der Waals surface area contributed by atoms with Crippen molar-refractivity contribution in [2.24, 2.45) is 0 Å². The third kappa shape index (κ3) is 3.77. The largest absolute Gasteiger partial charge is 0.493 e. The highest BCUT2D eigenvalue weighted by Gasteiger charge is 2.29.